The second-order valence-electron chi connectivity index (χ2n) is 6.14. The van der Waals surface area contributed by atoms with Gasteiger partial charge in [-0.05, 0) is 25.7 Å². The second kappa shape index (κ2) is 4.69. The Morgan fingerprint density at radius 3 is 2.47 bits per heavy atom. The van der Waals surface area contributed by atoms with Crippen LogP contribution in [0.2, 0.25) is 5.02 Å². The van der Waals surface area contributed by atoms with E-state index in [0.717, 1.165) is 6.42 Å². The molecule has 0 fully saturated rings. The Morgan fingerprint density at radius 1 is 1.35 bits per heavy atom. The second-order valence-corrected chi connectivity index (χ2v) is 6.52. The molecule has 0 radical (unpaired) electrons. The largest absolute Gasteiger partial charge is 0.364 e. The Labute approximate surface area is 107 Å². The predicted molar refractivity (Wildman–Crippen MR) is 71.6 cm³/mol. The highest BCUT2D eigenvalue weighted by Gasteiger charge is 2.26. The third kappa shape index (κ3) is 4.38. The summed E-state index contributed by atoms with van der Waals surface area (Å²) in [6, 6.07) is 0. The number of anilines is 1. The van der Waals surface area contributed by atoms with Crippen molar-refractivity contribution in [2.24, 2.45) is 5.41 Å². The molecule has 0 spiro atoms. The van der Waals surface area contributed by atoms with Gasteiger partial charge in [-0.1, -0.05) is 32.4 Å². The molecule has 96 valence electrons. The molecular weight excluding hydrogens is 238 g/mol. The molecule has 0 bridgehead atoms. The van der Waals surface area contributed by atoms with Crippen molar-refractivity contribution in [3.8, 4) is 0 Å². The van der Waals surface area contributed by atoms with Gasteiger partial charge in [-0.25, -0.2) is 4.98 Å². The number of rotatable bonds is 3. The maximum absolute atomic E-state index is 11.3. The van der Waals surface area contributed by atoms with E-state index in [1.165, 1.54) is 6.33 Å². The highest BCUT2D eigenvalue weighted by Crippen LogP contribution is 2.30. The quantitative estimate of drug-likeness (QED) is 0.875. The molecule has 1 aromatic heterocycles. The zero-order chi connectivity index (χ0) is 13.3. The van der Waals surface area contributed by atoms with Crippen molar-refractivity contribution in [2.45, 2.75) is 46.6 Å². The van der Waals surface area contributed by atoms with Crippen LogP contribution >= 0.6 is 11.6 Å². The Hall–Kier alpha value is -1.03. The van der Waals surface area contributed by atoms with Crippen LogP contribution in [0.3, 0.4) is 0 Å². The van der Waals surface area contributed by atoms with Gasteiger partial charge < -0.3 is 10.3 Å². The van der Waals surface area contributed by atoms with E-state index in [2.05, 4.69) is 49.9 Å². The normalized spacial score (nSPS) is 12.6. The summed E-state index contributed by atoms with van der Waals surface area (Å²) in [6.45, 7) is 10.6. The van der Waals surface area contributed by atoms with Crippen molar-refractivity contribution in [1.82, 2.24) is 9.97 Å². The van der Waals surface area contributed by atoms with Crippen molar-refractivity contribution in [3.63, 3.8) is 0 Å². The lowest BCUT2D eigenvalue weighted by Gasteiger charge is -2.33. The average molecular weight is 258 g/mol. The third-order valence-corrected chi connectivity index (χ3v) is 2.58. The van der Waals surface area contributed by atoms with Crippen LogP contribution in [0.4, 0.5) is 5.82 Å². The Morgan fingerprint density at radius 2 is 1.94 bits per heavy atom. The lowest BCUT2D eigenvalue weighted by Crippen LogP contribution is -2.36. The molecule has 17 heavy (non-hydrogen) atoms. The molecular formula is C12H20ClN3O. The fourth-order valence-corrected chi connectivity index (χ4v) is 2.31. The first kappa shape index (κ1) is 14.0. The number of hydrogen-bond acceptors (Lipinski definition) is 3. The molecule has 0 amide bonds. The highest BCUT2D eigenvalue weighted by atomic mass is 35.5. The molecule has 1 heterocycles. The van der Waals surface area contributed by atoms with Gasteiger partial charge in [0.15, 0.2) is 5.82 Å². The van der Waals surface area contributed by atoms with Gasteiger partial charge in [0.1, 0.15) is 5.02 Å². The maximum atomic E-state index is 11.3. The van der Waals surface area contributed by atoms with Crippen LogP contribution in [0.5, 0.6) is 0 Å². The summed E-state index contributed by atoms with van der Waals surface area (Å²) in [5.41, 5.74) is -0.317. The minimum Gasteiger partial charge on any atom is -0.364 e. The first-order valence-electron chi connectivity index (χ1n) is 5.62. The third-order valence-electron chi connectivity index (χ3n) is 2.23. The lowest BCUT2D eigenvalue weighted by molar-refractivity contribution is 0.302. The summed E-state index contributed by atoms with van der Waals surface area (Å²) < 4.78 is 0. The molecule has 0 aliphatic carbocycles. The molecule has 1 aromatic rings. The number of nitrogens with zero attached hydrogens (tertiary/aromatic N) is 1. The fourth-order valence-electron chi connectivity index (χ4n) is 2.16. The van der Waals surface area contributed by atoms with Crippen molar-refractivity contribution < 1.29 is 0 Å². The van der Waals surface area contributed by atoms with E-state index in [-0.39, 0.29) is 21.5 Å². The van der Waals surface area contributed by atoms with Crippen LogP contribution in [0.1, 0.15) is 41.0 Å². The predicted octanol–water partition coefficient (Wildman–Crippen LogP) is 3.05. The molecule has 0 saturated heterocycles. The van der Waals surface area contributed by atoms with Crippen LogP contribution in [0, 0.1) is 5.41 Å². The Bertz CT molecular complexity index is 446. The summed E-state index contributed by atoms with van der Waals surface area (Å²) >= 11 is 5.90. The van der Waals surface area contributed by atoms with E-state index in [4.69, 9.17) is 11.6 Å². The number of aromatic nitrogens is 2. The number of hydrogen-bond donors (Lipinski definition) is 2. The summed E-state index contributed by atoms with van der Waals surface area (Å²) in [4.78, 5) is 17.8. The zero-order valence-corrected chi connectivity index (χ0v) is 11.8. The molecule has 0 aliphatic rings. The molecule has 0 unspecified atom stereocenters. The standard InChI is InChI=1S/C12H20ClN3O/c1-11(2,3)6-12(4,5)16-9-8(13)10(17)15-7-14-9/h7H,6H2,1-5H3,(H2,14,15,16,17). The summed E-state index contributed by atoms with van der Waals surface area (Å²) in [5, 5.41) is 3.33. The first-order valence-corrected chi connectivity index (χ1v) is 6.00. The Balaban J connectivity index is 2.90. The monoisotopic (exact) mass is 257 g/mol. The van der Waals surface area contributed by atoms with E-state index in [0.29, 0.717) is 5.82 Å². The van der Waals surface area contributed by atoms with Gasteiger partial charge in [0.2, 0.25) is 0 Å². The molecule has 1 rings (SSSR count). The van der Waals surface area contributed by atoms with E-state index < -0.39 is 0 Å². The van der Waals surface area contributed by atoms with Crippen molar-refractivity contribution in [2.75, 3.05) is 5.32 Å². The number of aromatic amines is 1. The topological polar surface area (TPSA) is 57.8 Å². The summed E-state index contributed by atoms with van der Waals surface area (Å²) in [6.07, 6.45) is 2.29. The number of nitrogens with one attached hydrogen (secondary N) is 2. The van der Waals surface area contributed by atoms with Gasteiger partial charge in [0, 0.05) is 5.54 Å². The SMILES string of the molecule is CC(C)(C)CC(C)(C)Nc1nc[nH]c(=O)c1Cl. The first-order chi connectivity index (χ1) is 7.61. The van der Waals surface area contributed by atoms with Crippen LogP contribution < -0.4 is 10.9 Å². The number of halogens is 1. The Kier molecular flexibility index (Phi) is 3.87. The maximum Gasteiger partial charge on any atom is 0.271 e. The van der Waals surface area contributed by atoms with Crippen molar-refractivity contribution in [3.05, 3.63) is 21.7 Å². The van der Waals surface area contributed by atoms with Crippen LogP contribution in [-0.4, -0.2) is 15.5 Å². The number of H-pyrrole nitrogens is 1. The smallest absolute Gasteiger partial charge is 0.271 e. The molecule has 2 N–H and O–H groups in total. The van der Waals surface area contributed by atoms with Crippen molar-refractivity contribution in [1.29, 1.82) is 0 Å². The van der Waals surface area contributed by atoms with Crippen molar-refractivity contribution >= 4 is 17.4 Å². The van der Waals surface area contributed by atoms with E-state index in [9.17, 15) is 4.79 Å². The average Bonchev–Trinajstić information content (AvgIpc) is 2.08. The molecule has 5 heteroatoms. The van der Waals surface area contributed by atoms with Crippen LogP contribution in [0.25, 0.3) is 0 Å². The summed E-state index contributed by atoms with van der Waals surface area (Å²) in [7, 11) is 0. The zero-order valence-electron chi connectivity index (χ0n) is 11.0. The van der Waals surface area contributed by atoms with E-state index in [1.807, 2.05) is 0 Å². The molecule has 0 saturated carbocycles. The van der Waals surface area contributed by atoms with E-state index in [1.54, 1.807) is 0 Å². The van der Waals surface area contributed by atoms with Gasteiger partial charge in [-0.3, -0.25) is 4.79 Å². The molecule has 0 atom stereocenters. The van der Waals surface area contributed by atoms with E-state index >= 15 is 0 Å². The summed E-state index contributed by atoms with van der Waals surface area (Å²) in [5.74, 6) is 0.435. The highest BCUT2D eigenvalue weighted by molar-refractivity contribution is 6.32. The lowest BCUT2D eigenvalue weighted by atomic mass is 9.82. The van der Waals surface area contributed by atoms with Crippen LogP contribution in [0.15, 0.2) is 11.1 Å². The minimum absolute atomic E-state index is 0.106. The van der Waals surface area contributed by atoms with Crippen LogP contribution in [-0.2, 0) is 0 Å². The molecule has 4 nitrogen and oxygen atoms in total. The van der Waals surface area contributed by atoms with Gasteiger partial charge in [-0.2, -0.15) is 0 Å². The molecule has 0 aromatic carbocycles. The van der Waals surface area contributed by atoms with Gasteiger partial charge in [0.05, 0.1) is 6.33 Å². The van der Waals surface area contributed by atoms with Gasteiger partial charge in [-0.15, -0.1) is 0 Å². The van der Waals surface area contributed by atoms with Gasteiger partial charge in [0.25, 0.3) is 5.56 Å². The fraction of sp³-hybridized carbons (Fsp3) is 0.667. The van der Waals surface area contributed by atoms with Gasteiger partial charge >= 0.3 is 0 Å². The minimum atomic E-state index is -0.323. The molecule has 0 aliphatic heterocycles.